The molecule has 1 N–H and O–H groups in total. The summed E-state index contributed by atoms with van der Waals surface area (Å²) in [5.41, 5.74) is 3.25. The molecule has 1 saturated heterocycles. The molecule has 0 saturated carbocycles. The number of esters is 1. The number of aromatic nitrogens is 1. The highest BCUT2D eigenvalue weighted by atomic mass is 16.5. The van der Waals surface area contributed by atoms with Gasteiger partial charge in [0.1, 0.15) is 0 Å². The third-order valence-electron chi connectivity index (χ3n) is 5.12. The number of unbranched alkanes of at least 4 members (excludes halogenated alkanes) is 1. The Morgan fingerprint density at radius 1 is 1.15 bits per heavy atom. The minimum atomic E-state index is -0.198. The normalized spacial score (nSPS) is 15.1. The Bertz CT molecular complexity index is 741. The van der Waals surface area contributed by atoms with Crippen molar-refractivity contribution in [2.75, 3.05) is 26.8 Å². The molecule has 1 aromatic heterocycles. The Morgan fingerprint density at radius 3 is 2.81 bits per heavy atom. The van der Waals surface area contributed by atoms with Crippen molar-refractivity contribution in [3.05, 3.63) is 41.6 Å². The third kappa shape index (κ3) is 6.29. The van der Waals surface area contributed by atoms with Crippen molar-refractivity contribution in [2.45, 2.75) is 51.0 Å². The monoisotopic (exact) mass is 370 g/mol. The topological polar surface area (TPSA) is 60.5 Å². The molecule has 2 aromatic rings. The van der Waals surface area contributed by atoms with Crippen LogP contribution in [0.2, 0.25) is 0 Å². The highest BCUT2D eigenvalue weighted by molar-refractivity contribution is 5.79. The molecule has 0 bridgehead atoms. The first-order chi connectivity index (χ1) is 13.2. The summed E-state index contributed by atoms with van der Waals surface area (Å²) >= 11 is 0. The number of aryl methyl sites for hydroxylation is 2. The number of piperidine rings is 1. The first kappa shape index (κ1) is 19.8. The standard InChI is InChI=1S/C22H30N2O3/c1-26-22(25)10-8-19-7-6-18-16-17(5-9-21(18)24-19)4-2-3-15-27-20-11-13-23-14-12-20/h5-7,9,16,20,23H,2-4,8,10-15H2,1H3. The molecule has 1 fully saturated rings. The zero-order chi connectivity index (χ0) is 18.9. The van der Waals surface area contributed by atoms with Crippen molar-refractivity contribution < 1.29 is 14.3 Å². The van der Waals surface area contributed by atoms with Crippen LogP contribution in [0.3, 0.4) is 0 Å². The van der Waals surface area contributed by atoms with Crippen LogP contribution in [0.25, 0.3) is 10.9 Å². The summed E-state index contributed by atoms with van der Waals surface area (Å²) < 4.78 is 10.7. The lowest BCUT2D eigenvalue weighted by molar-refractivity contribution is -0.140. The van der Waals surface area contributed by atoms with Gasteiger partial charge in [-0.1, -0.05) is 12.1 Å². The number of pyridine rings is 1. The predicted molar refractivity (Wildman–Crippen MR) is 107 cm³/mol. The number of fused-ring (bicyclic) bond motifs is 1. The molecule has 5 heteroatoms. The maximum absolute atomic E-state index is 11.3. The SMILES string of the molecule is COC(=O)CCc1ccc2cc(CCCCOC3CCNCC3)ccc2n1. The summed E-state index contributed by atoms with van der Waals surface area (Å²) in [5.74, 6) is -0.198. The van der Waals surface area contributed by atoms with Gasteiger partial charge in [-0.2, -0.15) is 0 Å². The van der Waals surface area contributed by atoms with Crippen molar-refractivity contribution in [1.82, 2.24) is 10.3 Å². The summed E-state index contributed by atoms with van der Waals surface area (Å²) in [4.78, 5) is 15.9. The molecule has 1 aliphatic heterocycles. The molecule has 27 heavy (non-hydrogen) atoms. The summed E-state index contributed by atoms with van der Waals surface area (Å²) in [6, 6.07) is 10.6. The lowest BCUT2D eigenvalue weighted by Gasteiger charge is -2.22. The highest BCUT2D eigenvalue weighted by Gasteiger charge is 2.12. The van der Waals surface area contributed by atoms with E-state index in [-0.39, 0.29) is 5.97 Å². The van der Waals surface area contributed by atoms with Gasteiger partial charge in [0.05, 0.1) is 25.2 Å². The van der Waals surface area contributed by atoms with E-state index >= 15 is 0 Å². The van der Waals surface area contributed by atoms with Gasteiger partial charge in [0, 0.05) is 24.1 Å². The maximum Gasteiger partial charge on any atom is 0.305 e. The zero-order valence-corrected chi connectivity index (χ0v) is 16.2. The number of nitrogens with one attached hydrogen (secondary N) is 1. The average molecular weight is 370 g/mol. The van der Waals surface area contributed by atoms with E-state index in [9.17, 15) is 4.79 Å². The zero-order valence-electron chi connectivity index (χ0n) is 16.2. The van der Waals surface area contributed by atoms with E-state index in [4.69, 9.17) is 4.74 Å². The van der Waals surface area contributed by atoms with E-state index in [1.807, 2.05) is 6.07 Å². The van der Waals surface area contributed by atoms with Crippen molar-refractivity contribution in [3.63, 3.8) is 0 Å². The number of hydrogen-bond acceptors (Lipinski definition) is 5. The number of ether oxygens (including phenoxy) is 2. The first-order valence-corrected chi connectivity index (χ1v) is 10.0. The molecule has 0 amide bonds. The number of benzene rings is 1. The van der Waals surface area contributed by atoms with Crippen molar-refractivity contribution >= 4 is 16.9 Å². The lowest BCUT2D eigenvalue weighted by atomic mass is 10.0. The second-order valence-corrected chi connectivity index (χ2v) is 7.18. The van der Waals surface area contributed by atoms with Crippen LogP contribution in [0.1, 0.15) is 43.4 Å². The quantitative estimate of drug-likeness (QED) is 0.541. The van der Waals surface area contributed by atoms with Gasteiger partial charge in [-0.15, -0.1) is 0 Å². The highest BCUT2D eigenvalue weighted by Crippen LogP contribution is 2.17. The fraction of sp³-hybridized carbons (Fsp3) is 0.545. The van der Waals surface area contributed by atoms with E-state index < -0.39 is 0 Å². The van der Waals surface area contributed by atoms with Crippen LogP contribution in [0.15, 0.2) is 30.3 Å². The molecule has 1 aliphatic rings. The fourth-order valence-corrected chi connectivity index (χ4v) is 3.49. The molecule has 0 aliphatic carbocycles. The molecule has 5 nitrogen and oxygen atoms in total. The lowest BCUT2D eigenvalue weighted by Crippen LogP contribution is -2.32. The smallest absolute Gasteiger partial charge is 0.305 e. The minimum absolute atomic E-state index is 0.198. The predicted octanol–water partition coefficient (Wildman–Crippen LogP) is 3.43. The molecule has 0 radical (unpaired) electrons. The second kappa shape index (κ2) is 10.4. The number of carbonyl (C=O) groups excluding carboxylic acids is 1. The van der Waals surface area contributed by atoms with Gasteiger partial charge < -0.3 is 14.8 Å². The van der Waals surface area contributed by atoms with E-state index in [1.165, 1.54) is 12.7 Å². The number of rotatable bonds is 9. The van der Waals surface area contributed by atoms with Crippen LogP contribution in [0.5, 0.6) is 0 Å². The Morgan fingerprint density at radius 2 is 2.00 bits per heavy atom. The van der Waals surface area contributed by atoms with Gasteiger partial charge in [0.15, 0.2) is 0 Å². The minimum Gasteiger partial charge on any atom is -0.469 e. The van der Waals surface area contributed by atoms with Gasteiger partial charge in [-0.05, 0) is 69.0 Å². The van der Waals surface area contributed by atoms with Crippen LogP contribution in [0, 0.1) is 0 Å². The van der Waals surface area contributed by atoms with Crippen LogP contribution < -0.4 is 5.32 Å². The Labute approximate surface area is 161 Å². The summed E-state index contributed by atoms with van der Waals surface area (Å²) in [6.45, 7) is 3.03. The third-order valence-corrected chi connectivity index (χ3v) is 5.12. The summed E-state index contributed by atoms with van der Waals surface area (Å²) in [7, 11) is 1.41. The summed E-state index contributed by atoms with van der Waals surface area (Å²) in [5, 5.41) is 4.52. The van der Waals surface area contributed by atoms with E-state index in [0.717, 1.165) is 68.4 Å². The van der Waals surface area contributed by atoms with Gasteiger partial charge in [0.2, 0.25) is 0 Å². The number of hydrogen-bond donors (Lipinski definition) is 1. The number of methoxy groups -OCH3 is 1. The number of nitrogens with zero attached hydrogens (tertiary/aromatic N) is 1. The van der Waals surface area contributed by atoms with Gasteiger partial charge in [0.25, 0.3) is 0 Å². The van der Waals surface area contributed by atoms with Crippen LogP contribution >= 0.6 is 0 Å². The molecular formula is C22H30N2O3. The Balaban J connectivity index is 1.44. The molecular weight excluding hydrogens is 340 g/mol. The Hall–Kier alpha value is -1.98. The maximum atomic E-state index is 11.3. The van der Waals surface area contributed by atoms with Crippen LogP contribution in [-0.2, 0) is 27.1 Å². The van der Waals surface area contributed by atoms with Gasteiger partial charge >= 0.3 is 5.97 Å². The molecule has 0 atom stereocenters. The first-order valence-electron chi connectivity index (χ1n) is 10.0. The average Bonchev–Trinajstić information content (AvgIpc) is 2.72. The molecule has 3 rings (SSSR count). The second-order valence-electron chi connectivity index (χ2n) is 7.18. The van der Waals surface area contributed by atoms with E-state index in [1.54, 1.807) is 0 Å². The van der Waals surface area contributed by atoms with Crippen molar-refractivity contribution in [2.24, 2.45) is 0 Å². The Kier molecular flexibility index (Phi) is 7.60. The van der Waals surface area contributed by atoms with Gasteiger partial charge in [-0.25, -0.2) is 0 Å². The molecule has 2 heterocycles. The molecule has 146 valence electrons. The molecule has 1 aromatic carbocycles. The van der Waals surface area contributed by atoms with Crippen molar-refractivity contribution in [1.29, 1.82) is 0 Å². The van der Waals surface area contributed by atoms with E-state index in [2.05, 4.69) is 39.3 Å². The number of carbonyl (C=O) groups is 1. The van der Waals surface area contributed by atoms with Crippen molar-refractivity contribution in [3.8, 4) is 0 Å². The molecule has 0 spiro atoms. The fourth-order valence-electron chi connectivity index (χ4n) is 3.49. The van der Waals surface area contributed by atoms with Crippen LogP contribution in [-0.4, -0.2) is 43.9 Å². The van der Waals surface area contributed by atoms with Gasteiger partial charge in [-0.3, -0.25) is 9.78 Å². The van der Waals surface area contributed by atoms with E-state index in [0.29, 0.717) is 18.9 Å². The largest absolute Gasteiger partial charge is 0.469 e. The van der Waals surface area contributed by atoms with Crippen LogP contribution in [0.4, 0.5) is 0 Å². The molecule has 0 unspecified atom stereocenters. The summed E-state index contributed by atoms with van der Waals surface area (Å²) in [6.07, 6.45) is 7.02.